The normalized spacial score (nSPS) is 12.0. The van der Waals surface area contributed by atoms with Crippen LogP contribution in [0.15, 0.2) is 60.7 Å². The molecule has 21 heavy (non-hydrogen) atoms. The molecule has 1 N–H and O–H groups in total. The summed E-state index contributed by atoms with van der Waals surface area (Å²) in [6.07, 6.45) is 0. The molecule has 106 valence electrons. The van der Waals surface area contributed by atoms with Crippen LogP contribution in [0.4, 0.5) is 5.95 Å². The van der Waals surface area contributed by atoms with Crippen LogP contribution in [0.1, 0.15) is 18.4 Å². The lowest BCUT2D eigenvalue weighted by Gasteiger charge is -2.13. The van der Waals surface area contributed by atoms with E-state index in [2.05, 4.69) is 52.0 Å². The number of para-hydroxylation sites is 1. The van der Waals surface area contributed by atoms with E-state index < -0.39 is 0 Å². The van der Waals surface area contributed by atoms with Gasteiger partial charge in [-0.3, -0.25) is 0 Å². The quantitative estimate of drug-likeness (QED) is 0.780. The Morgan fingerprint density at radius 2 is 1.67 bits per heavy atom. The van der Waals surface area contributed by atoms with Crippen molar-refractivity contribution in [1.29, 1.82) is 0 Å². The van der Waals surface area contributed by atoms with Crippen LogP contribution in [0, 0.1) is 0 Å². The molecule has 0 spiro atoms. The number of tetrazole rings is 1. The average Bonchev–Trinajstić information content (AvgIpc) is 3.03. The van der Waals surface area contributed by atoms with E-state index in [9.17, 15) is 0 Å². The van der Waals surface area contributed by atoms with Crippen molar-refractivity contribution in [3.8, 4) is 5.69 Å². The molecule has 0 saturated carbocycles. The molecule has 1 unspecified atom stereocenters. The molecule has 0 bridgehead atoms. The van der Waals surface area contributed by atoms with E-state index in [0.29, 0.717) is 11.9 Å². The summed E-state index contributed by atoms with van der Waals surface area (Å²) in [6.45, 7) is 2.95. The highest BCUT2D eigenvalue weighted by atomic mass is 15.6. The third-order valence-electron chi connectivity index (χ3n) is 3.41. The molecular formula is C16H17N5. The highest BCUT2D eigenvalue weighted by molar-refractivity contribution is 5.38. The van der Waals surface area contributed by atoms with Crippen molar-refractivity contribution in [3.63, 3.8) is 0 Å². The van der Waals surface area contributed by atoms with E-state index in [0.717, 1.165) is 12.2 Å². The van der Waals surface area contributed by atoms with Gasteiger partial charge in [-0.15, -0.1) is 0 Å². The molecule has 0 aliphatic carbocycles. The molecule has 5 nitrogen and oxygen atoms in total. The summed E-state index contributed by atoms with van der Waals surface area (Å²) in [5.41, 5.74) is 2.24. The molecule has 0 fully saturated rings. The average molecular weight is 279 g/mol. The lowest BCUT2D eigenvalue weighted by Crippen LogP contribution is -2.13. The highest BCUT2D eigenvalue weighted by Crippen LogP contribution is 2.16. The van der Waals surface area contributed by atoms with Crippen LogP contribution in [0.2, 0.25) is 0 Å². The number of benzene rings is 2. The van der Waals surface area contributed by atoms with Crippen molar-refractivity contribution in [2.45, 2.75) is 12.8 Å². The van der Waals surface area contributed by atoms with Gasteiger partial charge in [-0.2, -0.15) is 4.68 Å². The number of anilines is 1. The van der Waals surface area contributed by atoms with E-state index in [1.807, 2.05) is 36.4 Å². The molecule has 0 aliphatic heterocycles. The smallest absolute Gasteiger partial charge is 0.247 e. The predicted molar refractivity (Wildman–Crippen MR) is 82.5 cm³/mol. The summed E-state index contributed by atoms with van der Waals surface area (Å²) >= 11 is 0. The Labute approximate surface area is 123 Å². The lowest BCUT2D eigenvalue weighted by atomic mass is 10.0. The Hall–Kier alpha value is -2.69. The van der Waals surface area contributed by atoms with Crippen molar-refractivity contribution in [3.05, 3.63) is 66.2 Å². The van der Waals surface area contributed by atoms with Crippen LogP contribution >= 0.6 is 0 Å². The van der Waals surface area contributed by atoms with E-state index in [-0.39, 0.29) is 0 Å². The summed E-state index contributed by atoms with van der Waals surface area (Å²) in [4.78, 5) is 0. The summed E-state index contributed by atoms with van der Waals surface area (Å²) in [5, 5.41) is 15.1. The molecular weight excluding hydrogens is 262 g/mol. The van der Waals surface area contributed by atoms with E-state index in [1.54, 1.807) is 4.68 Å². The molecule has 0 saturated heterocycles. The Morgan fingerprint density at radius 1 is 1.00 bits per heavy atom. The Balaban J connectivity index is 1.71. The number of rotatable bonds is 5. The van der Waals surface area contributed by atoms with Gasteiger partial charge in [0.05, 0.1) is 5.69 Å². The maximum absolute atomic E-state index is 4.05. The first-order valence-corrected chi connectivity index (χ1v) is 6.97. The van der Waals surface area contributed by atoms with Crippen LogP contribution in [0.25, 0.3) is 5.69 Å². The summed E-state index contributed by atoms with van der Waals surface area (Å²) in [6, 6.07) is 20.3. The van der Waals surface area contributed by atoms with Crippen LogP contribution in [-0.2, 0) is 0 Å². The summed E-state index contributed by atoms with van der Waals surface area (Å²) in [5.74, 6) is 1.04. The minimum atomic E-state index is 0.382. The van der Waals surface area contributed by atoms with Gasteiger partial charge in [-0.25, -0.2) is 0 Å². The topological polar surface area (TPSA) is 55.6 Å². The zero-order valence-electron chi connectivity index (χ0n) is 11.8. The van der Waals surface area contributed by atoms with Crippen molar-refractivity contribution >= 4 is 5.95 Å². The van der Waals surface area contributed by atoms with E-state index in [1.165, 1.54) is 5.56 Å². The summed E-state index contributed by atoms with van der Waals surface area (Å²) < 4.78 is 1.71. The molecule has 1 aromatic heterocycles. The minimum Gasteiger partial charge on any atom is -0.352 e. The number of hydrogen-bond donors (Lipinski definition) is 1. The van der Waals surface area contributed by atoms with Crippen LogP contribution < -0.4 is 5.32 Å². The maximum atomic E-state index is 4.05. The van der Waals surface area contributed by atoms with Crippen LogP contribution in [0.3, 0.4) is 0 Å². The van der Waals surface area contributed by atoms with Gasteiger partial charge in [0.15, 0.2) is 0 Å². The Morgan fingerprint density at radius 3 is 2.38 bits per heavy atom. The zero-order valence-corrected chi connectivity index (χ0v) is 11.8. The van der Waals surface area contributed by atoms with Crippen molar-refractivity contribution in [1.82, 2.24) is 20.2 Å². The maximum Gasteiger partial charge on any atom is 0.247 e. The molecule has 0 radical (unpaired) electrons. The molecule has 0 aliphatic rings. The third-order valence-corrected chi connectivity index (χ3v) is 3.41. The standard InChI is InChI=1S/C16H17N5/c1-13(14-8-4-2-5-9-14)12-17-16-18-19-20-21(16)15-10-6-3-7-11-15/h2-11,13H,12H2,1H3,(H,17,18,20). The second-order valence-electron chi connectivity index (χ2n) is 4.94. The van der Waals surface area contributed by atoms with Gasteiger partial charge in [-0.05, 0) is 34.0 Å². The molecule has 2 aromatic carbocycles. The van der Waals surface area contributed by atoms with Crippen molar-refractivity contribution in [2.24, 2.45) is 0 Å². The molecule has 1 atom stereocenters. The fraction of sp³-hybridized carbons (Fsp3) is 0.188. The van der Waals surface area contributed by atoms with Gasteiger partial charge in [0.1, 0.15) is 0 Å². The zero-order chi connectivity index (χ0) is 14.5. The second kappa shape index (κ2) is 6.17. The number of hydrogen-bond acceptors (Lipinski definition) is 4. The monoisotopic (exact) mass is 279 g/mol. The van der Waals surface area contributed by atoms with Gasteiger partial charge < -0.3 is 5.32 Å². The second-order valence-corrected chi connectivity index (χ2v) is 4.94. The molecule has 3 aromatic rings. The molecule has 3 rings (SSSR count). The number of nitrogens with one attached hydrogen (secondary N) is 1. The SMILES string of the molecule is CC(CNc1nnnn1-c1ccccc1)c1ccccc1. The molecule has 5 heteroatoms. The van der Waals surface area contributed by atoms with Gasteiger partial charge in [0.2, 0.25) is 5.95 Å². The number of aromatic nitrogens is 4. The largest absolute Gasteiger partial charge is 0.352 e. The van der Waals surface area contributed by atoms with Crippen LogP contribution in [0.5, 0.6) is 0 Å². The van der Waals surface area contributed by atoms with E-state index in [4.69, 9.17) is 0 Å². The highest BCUT2D eigenvalue weighted by Gasteiger charge is 2.10. The van der Waals surface area contributed by atoms with Gasteiger partial charge in [0.25, 0.3) is 0 Å². The first-order valence-electron chi connectivity index (χ1n) is 6.97. The van der Waals surface area contributed by atoms with Crippen molar-refractivity contribution < 1.29 is 0 Å². The summed E-state index contributed by atoms with van der Waals surface area (Å²) in [7, 11) is 0. The van der Waals surface area contributed by atoms with Gasteiger partial charge >= 0.3 is 0 Å². The minimum absolute atomic E-state index is 0.382. The Kier molecular flexibility index (Phi) is 3.91. The first-order chi connectivity index (χ1) is 10.3. The predicted octanol–water partition coefficient (Wildman–Crippen LogP) is 2.88. The van der Waals surface area contributed by atoms with E-state index >= 15 is 0 Å². The lowest BCUT2D eigenvalue weighted by molar-refractivity contribution is 0.772. The third kappa shape index (κ3) is 3.08. The number of nitrogens with zero attached hydrogens (tertiary/aromatic N) is 4. The molecule has 0 amide bonds. The fourth-order valence-electron chi connectivity index (χ4n) is 2.18. The fourth-order valence-corrected chi connectivity index (χ4v) is 2.18. The first kappa shape index (κ1) is 13.3. The van der Waals surface area contributed by atoms with Gasteiger partial charge in [0, 0.05) is 6.54 Å². The van der Waals surface area contributed by atoms with Gasteiger partial charge in [-0.1, -0.05) is 60.6 Å². The molecule has 1 heterocycles. The van der Waals surface area contributed by atoms with Crippen LogP contribution in [-0.4, -0.2) is 26.8 Å². The van der Waals surface area contributed by atoms with Crippen molar-refractivity contribution in [2.75, 3.05) is 11.9 Å². The Bertz CT molecular complexity index is 678.